The van der Waals surface area contributed by atoms with E-state index in [0.29, 0.717) is 21.3 Å². The lowest BCUT2D eigenvalue weighted by atomic mass is 10.2. The van der Waals surface area contributed by atoms with Gasteiger partial charge in [-0.2, -0.15) is 0 Å². The van der Waals surface area contributed by atoms with E-state index in [-0.39, 0.29) is 24.6 Å². The Balaban J connectivity index is 1.71. The minimum absolute atomic E-state index is 0.164. The highest BCUT2D eigenvalue weighted by molar-refractivity contribution is 7.17. The summed E-state index contributed by atoms with van der Waals surface area (Å²) in [6, 6.07) is 11.1. The Labute approximate surface area is 179 Å². The average Bonchev–Trinajstić information content (AvgIpc) is 3.22. The number of nitrogens with zero attached hydrogens (tertiary/aromatic N) is 2. The van der Waals surface area contributed by atoms with Crippen LogP contribution in [0.15, 0.2) is 63.5 Å². The number of benzene rings is 2. The molecule has 0 aliphatic carbocycles. The zero-order valence-corrected chi connectivity index (χ0v) is 17.2. The third-order valence-electron chi connectivity index (χ3n) is 4.86. The fourth-order valence-corrected chi connectivity index (χ4v) is 4.15. The standard InChI is InChI=1S/C22H17F2N3O3S/c1-13-10-16(24)6-7-17(13)27-21(29)20-18(8-9-31-20)26(22(27)30)12-19(28)25-11-14-2-4-15(23)5-3-14/h2-10H,11-12H2,1H3,(H,25,28). The smallest absolute Gasteiger partial charge is 0.336 e. The van der Waals surface area contributed by atoms with Gasteiger partial charge in [-0.25, -0.2) is 18.1 Å². The van der Waals surface area contributed by atoms with Crippen molar-refractivity contribution in [3.63, 3.8) is 0 Å². The van der Waals surface area contributed by atoms with Crippen LogP contribution in [0.3, 0.4) is 0 Å². The van der Waals surface area contributed by atoms with Gasteiger partial charge in [0.15, 0.2) is 0 Å². The van der Waals surface area contributed by atoms with E-state index >= 15 is 0 Å². The first-order valence-electron chi connectivity index (χ1n) is 9.36. The lowest BCUT2D eigenvalue weighted by Gasteiger charge is -2.14. The summed E-state index contributed by atoms with van der Waals surface area (Å²) >= 11 is 1.16. The molecule has 0 spiro atoms. The highest BCUT2D eigenvalue weighted by atomic mass is 32.1. The molecule has 0 atom stereocenters. The first kappa shape index (κ1) is 20.7. The van der Waals surface area contributed by atoms with Gasteiger partial charge in [0.25, 0.3) is 5.56 Å². The molecule has 31 heavy (non-hydrogen) atoms. The molecule has 0 bridgehead atoms. The normalized spacial score (nSPS) is 11.1. The second-order valence-electron chi connectivity index (χ2n) is 6.98. The Kier molecular flexibility index (Phi) is 5.51. The quantitative estimate of drug-likeness (QED) is 0.517. The molecule has 4 aromatic rings. The number of halogens is 2. The summed E-state index contributed by atoms with van der Waals surface area (Å²) in [5.74, 6) is -1.30. The number of rotatable bonds is 5. The lowest BCUT2D eigenvalue weighted by molar-refractivity contribution is -0.121. The Morgan fingerprint density at radius 1 is 1.03 bits per heavy atom. The van der Waals surface area contributed by atoms with Gasteiger partial charge in [-0.15, -0.1) is 11.3 Å². The van der Waals surface area contributed by atoms with Crippen molar-refractivity contribution in [2.24, 2.45) is 0 Å². The maximum absolute atomic E-state index is 13.5. The number of thiophene rings is 1. The molecule has 2 aromatic carbocycles. The fourth-order valence-electron chi connectivity index (χ4n) is 3.32. The van der Waals surface area contributed by atoms with E-state index in [4.69, 9.17) is 0 Å². The third kappa shape index (κ3) is 4.04. The van der Waals surface area contributed by atoms with Crippen LogP contribution >= 0.6 is 11.3 Å². The van der Waals surface area contributed by atoms with Crippen LogP contribution in [-0.2, 0) is 17.9 Å². The van der Waals surface area contributed by atoms with Gasteiger partial charge in [0.05, 0.1) is 11.2 Å². The zero-order chi connectivity index (χ0) is 22.1. The molecule has 0 saturated carbocycles. The van der Waals surface area contributed by atoms with E-state index in [2.05, 4.69) is 5.32 Å². The van der Waals surface area contributed by atoms with E-state index in [1.807, 2.05) is 0 Å². The van der Waals surface area contributed by atoms with Gasteiger partial charge in [0.2, 0.25) is 5.91 Å². The van der Waals surface area contributed by atoms with Crippen molar-refractivity contribution in [1.82, 2.24) is 14.5 Å². The van der Waals surface area contributed by atoms with E-state index in [9.17, 15) is 23.2 Å². The molecule has 9 heteroatoms. The van der Waals surface area contributed by atoms with Gasteiger partial charge in [0.1, 0.15) is 22.9 Å². The molecule has 0 unspecified atom stereocenters. The Bertz CT molecular complexity index is 1400. The van der Waals surface area contributed by atoms with Crippen molar-refractivity contribution in [1.29, 1.82) is 0 Å². The number of carbonyl (C=O) groups excluding carboxylic acids is 1. The highest BCUT2D eigenvalue weighted by Gasteiger charge is 2.18. The van der Waals surface area contributed by atoms with E-state index in [0.717, 1.165) is 15.9 Å². The van der Waals surface area contributed by atoms with E-state index in [1.54, 1.807) is 30.5 Å². The molecule has 158 valence electrons. The van der Waals surface area contributed by atoms with Crippen LogP contribution in [0.1, 0.15) is 11.1 Å². The molecule has 0 saturated heterocycles. The first-order valence-corrected chi connectivity index (χ1v) is 10.2. The maximum Gasteiger partial charge on any atom is 0.336 e. The number of hydrogen-bond acceptors (Lipinski definition) is 4. The topological polar surface area (TPSA) is 73.1 Å². The fraction of sp³-hybridized carbons (Fsp3) is 0.136. The van der Waals surface area contributed by atoms with Crippen molar-refractivity contribution in [3.8, 4) is 5.69 Å². The van der Waals surface area contributed by atoms with Gasteiger partial charge < -0.3 is 5.32 Å². The molecule has 0 aliphatic heterocycles. The number of amides is 1. The molecule has 6 nitrogen and oxygen atoms in total. The summed E-state index contributed by atoms with van der Waals surface area (Å²) in [6.07, 6.45) is 0. The van der Waals surface area contributed by atoms with Crippen LogP contribution in [0.2, 0.25) is 0 Å². The summed E-state index contributed by atoms with van der Waals surface area (Å²) in [4.78, 5) is 38.7. The molecule has 2 aromatic heterocycles. The van der Waals surface area contributed by atoms with Crippen LogP contribution in [-0.4, -0.2) is 15.0 Å². The second kappa shape index (κ2) is 8.27. The van der Waals surface area contributed by atoms with Crippen molar-refractivity contribution >= 4 is 27.5 Å². The number of aromatic nitrogens is 2. The first-order chi connectivity index (χ1) is 14.8. The SMILES string of the molecule is Cc1cc(F)ccc1-n1c(=O)c2sccc2n(CC(=O)NCc2ccc(F)cc2)c1=O. The number of hydrogen-bond donors (Lipinski definition) is 1. The third-order valence-corrected chi connectivity index (χ3v) is 5.75. The molecular formula is C22H17F2N3O3S. The molecule has 2 heterocycles. The van der Waals surface area contributed by atoms with Gasteiger partial charge in [-0.05, 0) is 59.8 Å². The van der Waals surface area contributed by atoms with Gasteiger partial charge in [-0.1, -0.05) is 12.1 Å². The van der Waals surface area contributed by atoms with Gasteiger partial charge in [-0.3, -0.25) is 14.2 Å². The molecule has 1 amide bonds. The zero-order valence-electron chi connectivity index (χ0n) is 16.4. The van der Waals surface area contributed by atoms with E-state index in [1.165, 1.54) is 34.9 Å². The monoisotopic (exact) mass is 441 g/mol. The lowest BCUT2D eigenvalue weighted by Crippen LogP contribution is -2.41. The second-order valence-corrected chi connectivity index (χ2v) is 7.89. The molecule has 0 fully saturated rings. The summed E-state index contributed by atoms with van der Waals surface area (Å²) in [5, 5.41) is 4.36. The van der Waals surface area contributed by atoms with Crippen LogP contribution in [0.25, 0.3) is 15.9 Å². The number of fused-ring (bicyclic) bond motifs is 1. The molecule has 0 radical (unpaired) electrons. The molecule has 1 N–H and O–H groups in total. The summed E-state index contributed by atoms with van der Waals surface area (Å²) < 4.78 is 29.0. The van der Waals surface area contributed by atoms with Crippen molar-refractivity contribution < 1.29 is 13.6 Å². The summed E-state index contributed by atoms with van der Waals surface area (Å²) in [5.41, 5.74) is 0.521. The average molecular weight is 441 g/mol. The predicted molar refractivity (Wildman–Crippen MR) is 115 cm³/mol. The van der Waals surface area contributed by atoms with Crippen LogP contribution in [0.5, 0.6) is 0 Å². The number of aryl methyl sites for hydroxylation is 1. The van der Waals surface area contributed by atoms with Crippen LogP contribution < -0.4 is 16.6 Å². The Morgan fingerprint density at radius 3 is 2.45 bits per heavy atom. The summed E-state index contributed by atoms with van der Waals surface area (Å²) in [6.45, 7) is 1.45. The minimum atomic E-state index is -0.692. The van der Waals surface area contributed by atoms with Crippen LogP contribution in [0.4, 0.5) is 8.78 Å². The highest BCUT2D eigenvalue weighted by Crippen LogP contribution is 2.18. The van der Waals surface area contributed by atoms with E-state index < -0.39 is 23.0 Å². The Hall–Kier alpha value is -3.59. The van der Waals surface area contributed by atoms with Gasteiger partial charge in [0, 0.05) is 6.54 Å². The Morgan fingerprint density at radius 2 is 1.74 bits per heavy atom. The van der Waals surface area contributed by atoms with Crippen molar-refractivity contribution in [3.05, 3.63) is 97.5 Å². The maximum atomic E-state index is 13.5. The molecule has 4 rings (SSSR count). The molecule has 0 aliphatic rings. The van der Waals surface area contributed by atoms with Crippen molar-refractivity contribution in [2.75, 3.05) is 0 Å². The summed E-state index contributed by atoms with van der Waals surface area (Å²) in [7, 11) is 0. The number of carbonyl (C=O) groups is 1. The van der Waals surface area contributed by atoms with Gasteiger partial charge >= 0.3 is 5.69 Å². The van der Waals surface area contributed by atoms with Crippen molar-refractivity contribution in [2.45, 2.75) is 20.0 Å². The largest absolute Gasteiger partial charge is 0.350 e. The molecular weight excluding hydrogens is 424 g/mol. The predicted octanol–water partition coefficient (Wildman–Crippen LogP) is 3.12. The van der Waals surface area contributed by atoms with Crippen LogP contribution in [0, 0.1) is 18.6 Å². The minimum Gasteiger partial charge on any atom is -0.350 e. The number of nitrogens with one attached hydrogen (secondary N) is 1.